The van der Waals surface area contributed by atoms with Gasteiger partial charge in [-0.05, 0) is 12.5 Å². The van der Waals surface area contributed by atoms with Crippen molar-refractivity contribution >= 4 is 11.7 Å². The van der Waals surface area contributed by atoms with Crippen LogP contribution in [0.2, 0.25) is 0 Å². The van der Waals surface area contributed by atoms with Gasteiger partial charge in [0.1, 0.15) is 11.7 Å². The summed E-state index contributed by atoms with van der Waals surface area (Å²) in [5.41, 5.74) is 0.576. The fraction of sp³-hybridized carbons (Fsp3) is 0.429. The van der Waals surface area contributed by atoms with Gasteiger partial charge in [0, 0.05) is 12.0 Å². The van der Waals surface area contributed by atoms with E-state index in [0.29, 0.717) is 5.56 Å². The summed E-state index contributed by atoms with van der Waals surface area (Å²) >= 11 is 0. The number of Topliss-reactive ketones (excluding diaryl/α,β-unsaturated/α-hetero) is 1. The summed E-state index contributed by atoms with van der Waals surface area (Å²) < 4.78 is 0. The zero-order chi connectivity index (χ0) is 16.0. The molecule has 0 heterocycles. The van der Waals surface area contributed by atoms with Gasteiger partial charge in [-0.3, -0.25) is 24.5 Å². The molecule has 0 aliphatic carbocycles. The molecule has 7 heteroatoms. The zero-order valence-electron chi connectivity index (χ0n) is 12.2. The predicted octanol–water partition coefficient (Wildman–Crippen LogP) is 1.27. The minimum atomic E-state index is -1.15. The van der Waals surface area contributed by atoms with Crippen molar-refractivity contribution in [1.82, 2.24) is 5.06 Å². The Morgan fingerprint density at radius 1 is 1.33 bits per heavy atom. The molecule has 7 nitrogen and oxygen atoms in total. The largest absolute Gasteiger partial charge is 0.299 e. The Morgan fingerprint density at radius 2 is 1.90 bits per heavy atom. The molecule has 0 unspecified atom stereocenters. The molecule has 0 aromatic heterocycles. The van der Waals surface area contributed by atoms with Crippen LogP contribution in [0.15, 0.2) is 30.3 Å². The molecule has 0 aliphatic rings. The van der Waals surface area contributed by atoms with Gasteiger partial charge in [-0.1, -0.05) is 30.3 Å². The molecule has 1 aromatic rings. The molecule has 21 heavy (non-hydrogen) atoms. The van der Waals surface area contributed by atoms with Gasteiger partial charge in [0.25, 0.3) is 5.91 Å². The van der Waals surface area contributed by atoms with Crippen LogP contribution in [0.3, 0.4) is 0 Å². The van der Waals surface area contributed by atoms with Crippen molar-refractivity contribution in [2.45, 2.75) is 12.8 Å². The van der Waals surface area contributed by atoms with Crippen molar-refractivity contribution in [1.29, 1.82) is 0 Å². The van der Waals surface area contributed by atoms with Crippen molar-refractivity contribution in [3.63, 3.8) is 0 Å². The van der Waals surface area contributed by atoms with Crippen molar-refractivity contribution in [2.75, 3.05) is 20.7 Å². The van der Waals surface area contributed by atoms with E-state index in [-0.39, 0.29) is 0 Å². The number of ketones is 1. The first-order valence-corrected chi connectivity index (χ1v) is 6.37. The lowest BCUT2D eigenvalue weighted by atomic mass is 9.83. The number of carbonyl (C=O) groups is 2. The number of amides is 1. The van der Waals surface area contributed by atoms with Crippen molar-refractivity contribution < 1.29 is 19.3 Å². The quantitative estimate of drug-likeness (QED) is 0.429. The van der Waals surface area contributed by atoms with Crippen LogP contribution in [-0.4, -0.2) is 42.4 Å². The van der Waals surface area contributed by atoms with Crippen LogP contribution in [-0.2, 0) is 14.4 Å². The molecule has 1 aromatic carbocycles. The Labute approximate surface area is 122 Å². The summed E-state index contributed by atoms with van der Waals surface area (Å²) in [5.74, 6) is -3.01. The highest BCUT2D eigenvalue weighted by Gasteiger charge is 2.38. The number of hydrogen-bond donors (Lipinski definition) is 0. The maximum atomic E-state index is 12.3. The van der Waals surface area contributed by atoms with Gasteiger partial charge in [-0.25, -0.2) is 5.06 Å². The molecule has 0 saturated heterocycles. The van der Waals surface area contributed by atoms with Crippen molar-refractivity contribution in [3.05, 3.63) is 46.0 Å². The van der Waals surface area contributed by atoms with Gasteiger partial charge in [-0.2, -0.15) is 0 Å². The molecule has 114 valence electrons. The first-order valence-electron chi connectivity index (χ1n) is 6.37. The van der Waals surface area contributed by atoms with E-state index in [1.807, 2.05) is 0 Å². The van der Waals surface area contributed by atoms with Crippen LogP contribution in [0.1, 0.15) is 18.4 Å². The summed E-state index contributed by atoms with van der Waals surface area (Å²) in [4.78, 5) is 39.3. The third kappa shape index (κ3) is 4.35. The summed E-state index contributed by atoms with van der Waals surface area (Å²) in [6.45, 7) is 0.750. The van der Waals surface area contributed by atoms with Crippen LogP contribution >= 0.6 is 0 Å². The van der Waals surface area contributed by atoms with E-state index in [1.165, 1.54) is 21.1 Å². The highest BCUT2D eigenvalue weighted by Crippen LogP contribution is 2.27. The van der Waals surface area contributed by atoms with E-state index in [0.717, 1.165) is 5.06 Å². The summed E-state index contributed by atoms with van der Waals surface area (Å²) in [6.07, 6.45) is 0. The number of benzene rings is 1. The van der Waals surface area contributed by atoms with Crippen LogP contribution in [0, 0.1) is 16.0 Å². The average Bonchev–Trinajstić information content (AvgIpc) is 2.45. The van der Waals surface area contributed by atoms with Crippen LogP contribution in [0.25, 0.3) is 0 Å². The van der Waals surface area contributed by atoms with Crippen LogP contribution in [0.4, 0.5) is 0 Å². The van der Waals surface area contributed by atoms with E-state index in [2.05, 4.69) is 0 Å². The SMILES string of the molecule is CON(C)C(=O)[C@H](C(C)=O)[C@H](C[N+](=O)[O-])c1ccccc1. The maximum Gasteiger partial charge on any atom is 0.257 e. The molecule has 1 rings (SSSR count). The standard InChI is InChI=1S/C14H18N2O5/c1-10(17)13(14(18)15(2)21-3)12(9-16(19)20)11-7-5-4-6-8-11/h4-8,12-13H,9H2,1-3H3/t12-,13-/m1/s1. The maximum absolute atomic E-state index is 12.3. The predicted molar refractivity (Wildman–Crippen MR) is 75.0 cm³/mol. The molecular formula is C14H18N2O5. The van der Waals surface area contributed by atoms with Crippen molar-refractivity contribution in [3.8, 4) is 0 Å². The first-order chi connectivity index (χ1) is 9.88. The molecule has 0 fully saturated rings. The summed E-state index contributed by atoms with van der Waals surface area (Å²) in [7, 11) is 2.66. The molecule has 0 aliphatic heterocycles. The van der Waals surface area contributed by atoms with Crippen LogP contribution in [0.5, 0.6) is 0 Å². The molecule has 0 saturated carbocycles. The van der Waals surface area contributed by atoms with Crippen LogP contribution < -0.4 is 0 Å². The molecule has 0 radical (unpaired) electrons. The van der Waals surface area contributed by atoms with E-state index < -0.39 is 35.0 Å². The average molecular weight is 294 g/mol. The third-order valence-corrected chi connectivity index (χ3v) is 3.26. The van der Waals surface area contributed by atoms with E-state index in [4.69, 9.17) is 4.84 Å². The zero-order valence-corrected chi connectivity index (χ0v) is 12.2. The molecular weight excluding hydrogens is 276 g/mol. The number of carbonyl (C=O) groups excluding carboxylic acids is 2. The Balaban J connectivity index is 3.22. The number of hydroxylamine groups is 2. The molecule has 0 spiro atoms. The van der Waals surface area contributed by atoms with Gasteiger partial charge in [0.2, 0.25) is 6.54 Å². The normalized spacial score (nSPS) is 13.3. The smallest absolute Gasteiger partial charge is 0.257 e. The lowest BCUT2D eigenvalue weighted by Crippen LogP contribution is -2.40. The Bertz CT molecular complexity index is 517. The second kappa shape index (κ2) is 7.49. The van der Waals surface area contributed by atoms with Gasteiger partial charge in [-0.15, -0.1) is 0 Å². The topological polar surface area (TPSA) is 89.8 Å². The molecule has 0 bridgehead atoms. The van der Waals surface area contributed by atoms with E-state index >= 15 is 0 Å². The summed E-state index contributed by atoms with van der Waals surface area (Å²) in [5, 5.41) is 11.8. The van der Waals surface area contributed by atoms with Gasteiger partial charge in [0.15, 0.2) is 0 Å². The Kier molecular flexibility index (Phi) is 5.98. The van der Waals surface area contributed by atoms with E-state index in [1.54, 1.807) is 30.3 Å². The first kappa shape index (κ1) is 16.8. The number of hydrogen-bond acceptors (Lipinski definition) is 5. The second-order valence-corrected chi connectivity index (χ2v) is 4.64. The van der Waals surface area contributed by atoms with E-state index in [9.17, 15) is 19.7 Å². The monoisotopic (exact) mass is 294 g/mol. The Hall–Kier alpha value is -2.28. The molecule has 2 atom stereocenters. The number of rotatable bonds is 7. The minimum absolute atomic E-state index is 0.431. The molecule has 1 amide bonds. The number of nitrogens with zero attached hydrogens (tertiary/aromatic N) is 2. The molecule has 0 N–H and O–H groups in total. The third-order valence-electron chi connectivity index (χ3n) is 3.26. The Morgan fingerprint density at radius 3 is 2.33 bits per heavy atom. The fourth-order valence-corrected chi connectivity index (χ4v) is 2.18. The van der Waals surface area contributed by atoms with Crippen molar-refractivity contribution in [2.24, 2.45) is 5.92 Å². The lowest BCUT2D eigenvalue weighted by molar-refractivity contribution is -0.484. The highest BCUT2D eigenvalue weighted by atomic mass is 16.7. The number of nitro groups is 1. The highest BCUT2D eigenvalue weighted by molar-refractivity contribution is 6.00. The van der Waals surface area contributed by atoms with Gasteiger partial charge < -0.3 is 0 Å². The lowest BCUT2D eigenvalue weighted by Gasteiger charge is -2.25. The summed E-state index contributed by atoms with van der Waals surface area (Å²) in [6, 6.07) is 8.53. The minimum Gasteiger partial charge on any atom is -0.299 e. The second-order valence-electron chi connectivity index (χ2n) is 4.64. The van der Waals surface area contributed by atoms with Gasteiger partial charge >= 0.3 is 0 Å². The van der Waals surface area contributed by atoms with Gasteiger partial charge in [0.05, 0.1) is 13.0 Å². The fourth-order valence-electron chi connectivity index (χ4n) is 2.18.